The van der Waals surface area contributed by atoms with Crippen molar-refractivity contribution in [1.29, 1.82) is 0 Å². The standard InChI is InChI=1S/C17H18N8S3/c1-17(2,3)25-14(26)24-13-22-11(27-15-18-6-4-7-19-15)10-12(23-13)28-16-20-8-5-9-21-16/h4-10H,1-3H3,(H2,22,23,24,25,26). The molecule has 28 heavy (non-hydrogen) atoms. The molecule has 0 aromatic carbocycles. The zero-order valence-electron chi connectivity index (χ0n) is 15.4. The highest BCUT2D eigenvalue weighted by Gasteiger charge is 2.14. The lowest BCUT2D eigenvalue weighted by Gasteiger charge is -2.22. The van der Waals surface area contributed by atoms with E-state index in [0.29, 0.717) is 31.4 Å². The van der Waals surface area contributed by atoms with Crippen molar-refractivity contribution in [3.63, 3.8) is 0 Å². The van der Waals surface area contributed by atoms with Crippen molar-refractivity contribution in [2.45, 2.75) is 46.7 Å². The Morgan fingerprint density at radius 2 is 1.32 bits per heavy atom. The fourth-order valence-corrected chi connectivity index (χ4v) is 3.81. The highest BCUT2D eigenvalue weighted by Crippen LogP contribution is 2.29. The van der Waals surface area contributed by atoms with Crippen LogP contribution in [0, 0.1) is 0 Å². The Morgan fingerprint density at radius 1 is 0.857 bits per heavy atom. The van der Waals surface area contributed by atoms with E-state index < -0.39 is 0 Å². The molecule has 3 aromatic heterocycles. The average Bonchev–Trinajstić information content (AvgIpc) is 2.61. The van der Waals surface area contributed by atoms with Crippen LogP contribution in [-0.4, -0.2) is 40.6 Å². The SMILES string of the molecule is CC(C)(C)NC(=S)Nc1nc(Sc2ncccn2)cc(Sc2ncccn2)n1. The third-order valence-electron chi connectivity index (χ3n) is 2.87. The fraction of sp³-hybridized carbons (Fsp3) is 0.235. The predicted molar refractivity (Wildman–Crippen MR) is 113 cm³/mol. The van der Waals surface area contributed by atoms with E-state index in [0.717, 1.165) is 0 Å². The number of hydrogen-bond donors (Lipinski definition) is 2. The minimum absolute atomic E-state index is 0.177. The van der Waals surface area contributed by atoms with Crippen molar-refractivity contribution in [3.05, 3.63) is 43.0 Å². The fourth-order valence-electron chi connectivity index (χ4n) is 1.90. The van der Waals surface area contributed by atoms with Crippen LogP contribution in [0.4, 0.5) is 5.95 Å². The Balaban J connectivity index is 1.85. The van der Waals surface area contributed by atoms with Crippen LogP contribution >= 0.6 is 35.7 Å². The smallest absolute Gasteiger partial charge is 0.231 e. The van der Waals surface area contributed by atoms with E-state index in [2.05, 4.69) is 40.5 Å². The summed E-state index contributed by atoms with van der Waals surface area (Å²) in [6.45, 7) is 6.07. The second-order valence-electron chi connectivity index (χ2n) is 6.46. The van der Waals surface area contributed by atoms with Crippen LogP contribution in [-0.2, 0) is 0 Å². The van der Waals surface area contributed by atoms with Crippen LogP contribution in [0.1, 0.15) is 20.8 Å². The van der Waals surface area contributed by atoms with E-state index in [9.17, 15) is 0 Å². The number of aromatic nitrogens is 6. The minimum Gasteiger partial charge on any atom is -0.358 e. The van der Waals surface area contributed by atoms with Gasteiger partial charge in [0.1, 0.15) is 10.1 Å². The predicted octanol–water partition coefficient (Wildman–Crippen LogP) is 3.44. The van der Waals surface area contributed by atoms with Gasteiger partial charge >= 0.3 is 0 Å². The third kappa shape index (κ3) is 6.66. The maximum atomic E-state index is 5.36. The molecule has 0 spiro atoms. The maximum Gasteiger partial charge on any atom is 0.231 e. The van der Waals surface area contributed by atoms with Gasteiger partial charge in [-0.25, -0.2) is 29.9 Å². The molecule has 2 N–H and O–H groups in total. The van der Waals surface area contributed by atoms with Gasteiger partial charge in [-0.15, -0.1) is 0 Å². The Morgan fingerprint density at radius 3 is 1.75 bits per heavy atom. The van der Waals surface area contributed by atoms with Crippen LogP contribution in [0.5, 0.6) is 0 Å². The van der Waals surface area contributed by atoms with Gasteiger partial charge in [0.05, 0.1) is 0 Å². The van der Waals surface area contributed by atoms with E-state index >= 15 is 0 Å². The van der Waals surface area contributed by atoms with Crippen molar-refractivity contribution < 1.29 is 0 Å². The number of rotatable bonds is 5. The molecule has 0 saturated heterocycles. The summed E-state index contributed by atoms with van der Waals surface area (Å²) in [4.78, 5) is 26.0. The molecule has 3 aromatic rings. The molecular weight excluding hydrogens is 412 g/mol. The Kier molecular flexibility index (Phi) is 6.70. The van der Waals surface area contributed by atoms with Crippen LogP contribution in [0.2, 0.25) is 0 Å². The zero-order valence-corrected chi connectivity index (χ0v) is 17.9. The largest absolute Gasteiger partial charge is 0.358 e. The summed E-state index contributed by atoms with van der Waals surface area (Å²) in [5, 5.41) is 9.21. The molecule has 144 valence electrons. The van der Waals surface area contributed by atoms with Crippen molar-refractivity contribution in [1.82, 2.24) is 35.2 Å². The van der Waals surface area contributed by atoms with Gasteiger partial charge < -0.3 is 10.6 Å². The molecule has 0 amide bonds. The van der Waals surface area contributed by atoms with Gasteiger partial charge in [-0.3, -0.25) is 0 Å². The summed E-state index contributed by atoms with van der Waals surface area (Å²) < 4.78 is 0. The van der Waals surface area contributed by atoms with Crippen LogP contribution in [0.15, 0.2) is 63.4 Å². The van der Waals surface area contributed by atoms with E-state index in [1.165, 1.54) is 23.5 Å². The Bertz CT molecular complexity index is 872. The molecule has 3 rings (SSSR count). The lowest BCUT2D eigenvalue weighted by atomic mass is 10.1. The van der Waals surface area contributed by atoms with Gasteiger partial charge in [0.2, 0.25) is 5.95 Å². The summed E-state index contributed by atoms with van der Waals surface area (Å²) in [7, 11) is 0. The molecule has 8 nitrogen and oxygen atoms in total. The molecule has 11 heteroatoms. The van der Waals surface area contributed by atoms with Gasteiger partial charge in [0.15, 0.2) is 15.4 Å². The van der Waals surface area contributed by atoms with Crippen molar-refractivity contribution >= 4 is 46.8 Å². The summed E-state index contributed by atoms with van der Waals surface area (Å²) >= 11 is 8.04. The minimum atomic E-state index is -0.177. The molecule has 0 saturated carbocycles. The molecule has 0 bridgehead atoms. The number of anilines is 1. The first-order valence-corrected chi connectivity index (χ1v) is 10.3. The average molecular weight is 431 g/mol. The Hall–Kier alpha value is -2.37. The van der Waals surface area contributed by atoms with Crippen LogP contribution in [0.3, 0.4) is 0 Å². The van der Waals surface area contributed by atoms with Gasteiger partial charge in [0, 0.05) is 36.4 Å². The first-order valence-electron chi connectivity index (χ1n) is 8.25. The van der Waals surface area contributed by atoms with Crippen molar-refractivity contribution in [2.75, 3.05) is 5.32 Å². The highest BCUT2D eigenvalue weighted by atomic mass is 32.2. The number of thiocarbonyl (C=S) groups is 1. The van der Waals surface area contributed by atoms with Crippen molar-refractivity contribution in [2.24, 2.45) is 0 Å². The molecule has 0 aliphatic carbocycles. The van der Waals surface area contributed by atoms with Gasteiger partial charge in [-0.2, -0.15) is 0 Å². The molecule has 0 unspecified atom stereocenters. The number of nitrogens with one attached hydrogen (secondary N) is 2. The topological polar surface area (TPSA) is 101 Å². The molecular formula is C17H18N8S3. The molecule has 0 atom stereocenters. The Labute approximate surface area is 176 Å². The summed E-state index contributed by atoms with van der Waals surface area (Å²) in [5.74, 6) is 0.376. The van der Waals surface area contributed by atoms with Gasteiger partial charge in [-0.05, 0) is 68.6 Å². The normalized spacial score (nSPS) is 11.1. The monoisotopic (exact) mass is 430 g/mol. The molecule has 3 heterocycles. The van der Waals surface area contributed by atoms with E-state index in [4.69, 9.17) is 12.2 Å². The number of nitrogens with zero attached hydrogens (tertiary/aromatic N) is 6. The second kappa shape index (κ2) is 9.22. The summed E-state index contributed by atoms with van der Waals surface area (Å²) in [6, 6.07) is 5.37. The quantitative estimate of drug-likeness (QED) is 0.353. The summed E-state index contributed by atoms with van der Waals surface area (Å²) in [5.41, 5.74) is -0.177. The summed E-state index contributed by atoms with van der Waals surface area (Å²) in [6.07, 6.45) is 6.74. The second-order valence-corrected chi connectivity index (χ2v) is 8.85. The van der Waals surface area contributed by atoms with E-state index in [-0.39, 0.29) is 5.54 Å². The third-order valence-corrected chi connectivity index (χ3v) is 4.70. The lowest BCUT2D eigenvalue weighted by Crippen LogP contribution is -2.43. The van der Waals surface area contributed by atoms with E-state index in [1.807, 2.05) is 26.8 Å². The van der Waals surface area contributed by atoms with E-state index in [1.54, 1.807) is 36.9 Å². The zero-order chi connectivity index (χ0) is 20.0. The molecule has 0 aliphatic rings. The maximum absolute atomic E-state index is 5.36. The van der Waals surface area contributed by atoms with Crippen LogP contribution in [0.25, 0.3) is 0 Å². The number of hydrogen-bond acceptors (Lipinski definition) is 9. The van der Waals surface area contributed by atoms with Crippen molar-refractivity contribution in [3.8, 4) is 0 Å². The molecule has 0 aliphatic heterocycles. The first-order chi connectivity index (χ1) is 13.4. The first kappa shape index (κ1) is 20.4. The lowest BCUT2D eigenvalue weighted by molar-refractivity contribution is 0.514. The van der Waals surface area contributed by atoms with Gasteiger partial charge in [0.25, 0.3) is 0 Å². The molecule has 0 fully saturated rings. The molecule has 0 radical (unpaired) electrons. The van der Waals surface area contributed by atoms with Gasteiger partial charge in [-0.1, -0.05) is 0 Å². The highest BCUT2D eigenvalue weighted by molar-refractivity contribution is 7.99. The van der Waals surface area contributed by atoms with Crippen LogP contribution < -0.4 is 10.6 Å².